The second-order valence-electron chi connectivity index (χ2n) is 9.35. The molecule has 0 aliphatic carbocycles. The Morgan fingerprint density at radius 1 is 0.929 bits per heavy atom. The molecule has 28 heavy (non-hydrogen) atoms. The van der Waals surface area contributed by atoms with Crippen molar-refractivity contribution in [3.63, 3.8) is 0 Å². The number of benzene rings is 2. The van der Waals surface area contributed by atoms with Gasteiger partial charge in [0.2, 0.25) is 0 Å². The number of carbonyl (C=O) groups is 1. The predicted molar refractivity (Wildman–Crippen MR) is 123 cm³/mol. The van der Waals surface area contributed by atoms with E-state index < -0.39 is 0 Å². The van der Waals surface area contributed by atoms with Gasteiger partial charge in [-0.05, 0) is 72.8 Å². The summed E-state index contributed by atoms with van der Waals surface area (Å²) >= 11 is 0. The number of hydrogen-bond acceptors (Lipinski definition) is 1. The minimum atomic E-state index is 0. The van der Waals surface area contributed by atoms with Crippen LogP contribution in [0.25, 0.3) is 0 Å². The van der Waals surface area contributed by atoms with Crippen molar-refractivity contribution in [2.45, 2.75) is 79.6 Å². The quantitative estimate of drug-likeness (QED) is 0.555. The molecule has 0 amide bonds. The van der Waals surface area contributed by atoms with Gasteiger partial charge in [-0.2, -0.15) is 0 Å². The molecule has 3 heteroatoms. The van der Waals surface area contributed by atoms with Crippen molar-refractivity contribution in [3.05, 3.63) is 63.7 Å². The van der Waals surface area contributed by atoms with Gasteiger partial charge in [0.25, 0.3) is 0 Å². The van der Waals surface area contributed by atoms with E-state index in [1.807, 2.05) is 0 Å². The first kappa shape index (κ1) is 25.2. The van der Waals surface area contributed by atoms with Crippen LogP contribution in [0.4, 0.5) is 0 Å². The van der Waals surface area contributed by atoms with E-state index in [2.05, 4.69) is 92.6 Å². The molecule has 1 unspecified atom stereocenters. The molecule has 0 saturated heterocycles. The van der Waals surface area contributed by atoms with Gasteiger partial charge in [0.05, 0.1) is 0 Å². The van der Waals surface area contributed by atoms with Crippen molar-refractivity contribution in [2.24, 2.45) is 0 Å². The van der Waals surface area contributed by atoms with Crippen molar-refractivity contribution < 1.29 is 25.1 Å². The fourth-order valence-corrected chi connectivity index (χ4v) is 5.00. The molecule has 148 valence electrons. The van der Waals surface area contributed by atoms with E-state index in [1.165, 1.54) is 22.0 Å². The zero-order chi connectivity index (χ0) is 20.5. The van der Waals surface area contributed by atoms with Gasteiger partial charge < -0.3 is 1.43 Å². The summed E-state index contributed by atoms with van der Waals surface area (Å²) in [6.45, 7) is 19.6. The molecule has 0 N–H and O–H groups in total. The van der Waals surface area contributed by atoms with E-state index in [1.54, 1.807) is 0 Å². The Kier molecular flexibility index (Phi) is 8.77. The molecule has 0 aliphatic heterocycles. The first-order chi connectivity index (χ1) is 12.4. The molecule has 2 aromatic carbocycles. The molecule has 1 nitrogen and oxygen atoms in total. The SMILES string of the molecule is Cc1cc(C(C)(C)C)cc(C)c1C(=O)Pc1cc(C(C)C)ccc1C(C)C.[H-].[Li+]. The van der Waals surface area contributed by atoms with Crippen molar-refractivity contribution in [1.29, 1.82) is 0 Å². The van der Waals surface area contributed by atoms with E-state index in [0.29, 0.717) is 11.8 Å². The van der Waals surface area contributed by atoms with Crippen LogP contribution in [0, 0.1) is 13.8 Å². The maximum absolute atomic E-state index is 13.3. The van der Waals surface area contributed by atoms with Crippen LogP contribution in [0.15, 0.2) is 30.3 Å². The van der Waals surface area contributed by atoms with Gasteiger partial charge in [-0.1, -0.05) is 78.8 Å². The first-order valence-corrected chi connectivity index (χ1v) is 11.0. The van der Waals surface area contributed by atoms with Crippen molar-refractivity contribution in [1.82, 2.24) is 0 Å². The Bertz CT molecular complexity index is 827. The summed E-state index contributed by atoms with van der Waals surface area (Å²) in [5, 5.41) is 1.21. The van der Waals surface area contributed by atoms with Gasteiger partial charge in [-0.3, -0.25) is 4.79 Å². The summed E-state index contributed by atoms with van der Waals surface area (Å²) in [4.78, 5) is 13.3. The van der Waals surface area contributed by atoms with E-state index in [-0.39, 0.29) is 39.8 Å². The molecule has 0 aliphatic rings. The molecular formula is C25H36LiOP. The molecular weight excluding hydrogens is 354 g/mol. The van der Waals surface area contributed by atoms with Crippen molar-refractivity contribution >= 4 is 19.4 Å². The number of aryl methyl sites for hydroxylation is 2. The molecule has 2 rings (SSSR count). The van der Waals surface area contributed by atoms with Gasteiger partial charge in [-0.25, -0.2) is 0 Å². The smallest absolute Gasteiger partial charge is 1.00 e. The van der Waals surface area contributed by atoms with Gasteiger partial charge in [0, 0.05) is 5.56 Å². The summed E-state index contributed by atoms with van der Waals surface area (Å²) in [6.07, 6.45) is 0. The molecule has 2 aromatic rings. The summed E-state index contributed by atoms with van der Waals surface area (Å²) in [5.74, 6) is 0.895. The third-order valence-corrected chi connectivity index (χ3v) is 6.42. The Hall–Kier alpha value is -0.863. The van der Waals surface area contributed by atoms with Crippen LogP contribution < -0.4 is 24.2 Å². The molecule has 0 aromatic heterocycles. The zero-order valence-electron chi connectivity index (χ0n) is 20.4. The van der Waals surface area contributed by atoms with E-state index in [4.69, 9.17) is 0 Å². The van der Waals surface area contributed by atoms with Crippen LogP contribution in [-0.4, -0.2) is 5.52 Å². The van der Waals surface area contributed by atoms with Crippen LogP contribution >= 0.6 is 8.58 Å². The summed E-state index contributed by atoms with van der Waals surface area (Å²) in [6, 6.07) is 11.1. The van der Waals surface area contributed by atoms with Gasteiger partial charge in [0.1, 0.15) is 0 Å². The second-order valence-corrected chi connectivity index (χ2v) is 10.6. The summed E-state index contributed by atoms with van der Waals surface area (Å²) < 4.78 is 0. The van der Waals surface area contributed by atoms with Gasteiger partial charge in [0.15, 0.2) is 5.52 Å². The Morgan fingerprint density at radius 2 is 1.46 bits per heavy atom. The average molecular weight is 390 g/mol. The normalized spacial score (nSPS) is 12.1. The van der Waals surface area contributed by atoms with E-state index in [0.717, 1.165) is 16.7 Å². The Labute approximate surface area is 187 Å². The molecule has 0 bridgehead atoms. The second kappa shape index (κ2) is 9.76. The number of hydrogen-bond donors (Lipinski definition) is 0. The predicted octanol–water partition coefficient (Wildman–Crippen LogP) is 4.11. The first-order valence-electron chi connectivity index (χ1n) is 9.98. The Balaban J connectivity index is 0.00000392. The summed E-state index contributed by atoms with van der Waals surface area (Å²) in [5.41, 5.74) is 7.36. The number of carbonyl (C=O) groups excluding carboxylic acids is 1. The minimum absolute atomic E-state index is 0. The van der Waals surface area contributed by atoms with Crippen LogP contribution in [0.1, 0.15) is 99.9 Å². The third kappa shape index (κ3) is 5.83. The summed E-state index contributed by atoms with van der Waals surface area (Å²) in [7, 11) is 0.174. The van der Waals surface area contributed by atoms with Crippen LogP contribution in [-0.2, 0) is 5.41 Å². The van der Waals surface area contributed by atoms with Gasteiger partial charge in [-0.15, -0.1) is 0 Å². The minimum Gasteiger partial charge on any atom is -1.00 e. The fourth-order valence-electron chi connectivity index (χ4n) is 3.48. The monoisotopic (exact) mass is 390 g/mol. The number of rotatable bonds is 5. The molecule has 0 saturated carbocycles. The fraction of sp³-hybridized carbons (Fsp3) is 0.480. The third-order valence-electron chi connectivity index (χ3n) is 5.24. The zero-order valence-corrected chi connectivity index (χ0v) is 20.4. The molecule has 0 radical (unpaired) electrons. The maximum Gasteiger partial charge on any atom is 1.00 e. The largest absolute Gasteiger partial charge is 1.00 e. The van der Waals surface area contributed by atoms with Crippen LogP contribution in [0.2, 0.25) is 0 Å². The Morgan fingerprint density at radius 3 is 1.89 bits per heavy atom. The molecule has 0 fully saturated rings. The molecule has 0 heterocycles. The van der Waals surface area contributed by atoms with Gasteiger partial charge >= 0.3 is 18.9 Å². The topological polar surface area (TPSA) is 17.1 Å². The average Bonchev–Trinajstić information content (AvgIpc) is 2.52. The van der Waals surface area contributed by atoms with Crippen LogP contribution in [0.3, 0.4) is 0 Å². The maximum atomic E-state index is 13.3. The van der Waals surface area contributed by atoms with E-state index in [9.17, 15) is 4.79 Å². The van der Waals surface area contributed by atoms with Crippen molar-refractivity contribution in [3.8, 4) is 0 Å². The molecule has 1 atom stereocenters. The molecule has 0 spiro atoms. The van der Waals surface area contributed by atoms with Crippen molar-refractivity contribution in [2.75, 3.05) is 0 Å². The van der Waals surface area contributed by atoms with E-state index >= 15 is 0 Å². The van der Waals surface area contributed by atoms with Crippen LogP contribution in [0.5, 0.6) is 0 Å². The standard InChI is InChI=1S/C25H35OP.Li.H/c1-15(2)19-10-11-21(16(3)4)22(14-19)27-24(26)23-17(5)12-20(13-18(23)6)25(7,8)9;;/h10-16,27H,1-9H3;;/q;+1;-1.